The minimum Gasteiger partial charge on any atom is -0.497 e. The highest BCUT2D eigenvalue weighted by Gasteiger charge is 2.30. The van der Waals surface area contributed by atoms with E-state index in [4.69, 9.17) is 21.1 Å². The Morgan fingerprint density at radius 1 is 0.933 bits per heavy atom. The molecule has 0 radical (unpaired) electrons. The van der Waals surface area contributed by atoms with E-state index in [1.54, 1.807) is 43.5 Å². The fraction of sp³-hybridized carbons (Fsp3) is 0.0833. The first-order chi connectivity index (χ1) is 14.6. The average molecular weight is 419 g/mol. The molecule has 0 aliphatic carbocycles. The Labute approximate surface area is 179 Å². The van der Waals surface area contributed by atoms with Crippen LogP contribution >= 0.6 is 11.6 Å². The van der Waals surface area contributed by atoms with Crippen molar-refractivity contribution < 1.29 is 14.3 Å². The Hall–Kier alpha value is -3.57. The summed E-state index contributed by atoms with van der Waals surface area (Å²) in [6.45, 7) is 0. The van der Waals surface area contributed by atoms with Crippen LogP contribution in [0.5, 0.6) is 11.6 Å². The molecule has 1 aromatic heterocycles. The van der Waals surface area contributed by atoms with Crippen LogP contribution in [0.3, 0.4) is 0 Å². The van der Waals surface area contributed by atoms with E-state index >= 15 is 0 Å². The summed E-state index contributed by atoms with van der Waals surface area (Å²) in [5, 5.41) is 0.635. The number of anilines is 1. The van der Waals surface area contributed by atoms with Crippen molar-refractivity contribution in [3.05, 3.63) is 94.7 Å². The van der Waals surface area contributed by atoms with Gasteiger partial charge in [0.25, 0.3) is 5.91 Å². The first-order valence-corrected chi connectivity index (χ1v) is 9.65. The van der Waals surface area contributed by atoms with Gasteiger partial charge in [0.05, 0.1) is 31.8 Å². The van der Waals surface area contributed by atoms with Gasteiger partial charge in [-0.25, -0.2) is 4.98 Å². The summed E-state index contributed by atoms with van der Waals surface area (Å²) in [4.78, 5) is 19.2. The molecule has 0 N–H and O–H groups in total. The van der Waals surface area contributed by atoms with Crippen LogP contribution in [0.25, 0.3) is 11.8 Å². The number of methoxy groups -OCH3 is 2. The third-order valence-electron chi connectivity index (χ3n) is 4.75. The van der Waals surface area contributed by atoms with E-state index in [1.807, 2.05) is 54.6 Å². The van der Waals surface area contributed by atoms with Gasteiger partial charge in [-0.2, -0.15) is 0 Å². The normalized spacial score (nSPS) is 14.8. The van der Waals surface area contributed by atoms with E-state index in [9.17, 15) is 4.79 Å². The molecule has 2 aromatic carbocycles. The highest BCUT2D eigenvalue weighted by molar-refractivity contribution is 6.30. The highest BCUT2D eigenvalue weighted by Crippen LogP contribution is 2.35. The Balaban J connectivity index is 1.77. The maximum atomic E-state index is 13.3. The van der Waals surface area contributed by atoms with Gasteiger partial charge in [0.1, 0.15) is 5.75 Å². The van der Waals surface area contributed by atoms with Crippen LogP contribution < -0.4 is 14.4 Å². The standard InChI is InChI=1S/C24H19ClN2O3/c1-29-21-10-3-16(4-11-21)13-18-14-22(17-5-7-19(25)8-6-17)27(24(18)28)20-9-12-23(30-2)26-15-20/h3-15H,1-2H3/b18-13-. The molecule has 0 saturated heterocycles. The van der Waals surface area contributed by atoms with Gasteiger partial charge in [0, 0.05) is 16.7 Å². The van der Waals surface area contributed by atoms with Gasteiger partial charge in [-0.05, 0) is 53.6 Å². The molecule has 1 amide bonds. The number of rotatable bonds is 5. The molecule has 0 bridgehead atoms. The second-order valence-electron chi connectivity index (χ2n) is 6.61. The second-order valence-corrected chi connectivity index (χ2v) is 7.05. The van der Waals surface area contributed by atoms with Gasteiger partial charge in [0.2, 0.25) is 5.88 Å². The Kier molecular flexibility index (Phi) is 5.55. The number of carbonyl (C=O) groups excluding carboxylic acids is 1. The predicted molar refractivity (Wildman–Crippen MR) is 119 cm³/mol. The second kappa shape index (κ2) is 8.43. The third kappa shape index (κ3) is 3.93. The first kappa shape index (κ1) is 19.7. The van der Waals surface area contributed by atoms with E-state index < -0.39 is 0 Å². The molecule has 0 unspecified atom stereocenters. The zero-order valence-electron chi connectivity index (χ0n) is 16.5. The SMILES string of the molecule is COc1ccc(/C=C2/C=C(c3ccc(Cl)cc3)N(c3ccc(OC)nc3)C2=O)cc1. The molecular weight excluding hydrogens is 400 g/mol. The average Bonchev–Trinajstić information content (AvgIpc) is 3.10. The zero-order chi connectivity index (χ0) is 21.1. The fourth-order valence-electron chi connectivity index (χ4n) is 3.21. The van der Waals surface area contributed by atoms with Crippen LogP contribution in [0.15, 0.2) is 78.5 Å². The van der Waals surface area contributed by atoms with Crippen molar-refractivity contribution in [2.75, 3.05) is 19.1 Å². The molecule has 150 valence electrons. The Morgan fingerprint density at radius 2 is 1.67 bits per heavy atom. The van der Waals surface area contributed by atoms with Crippen molar-refractivity contribution >= 4 is 35.0 Å². The van der Waals surface area contributed by atoms with Crippen molar-refractivity contribution in [1.29, 1.82) is 0 Å². The van der Waals surface area contributed by atoms with Crippen molar-refractivity contribution in [2.45, 2.75) is 0 Å². The van der Waals surface area contributed by atoms with Gasteiger partial charge in [-0.15, -0.1) is 0 Å². The summed E-state index contributed by atoms with van der Waals surface area (Å²) >= 11 is 6.05. The summed E-state index contributed by atoms with van der Waals surface area (Å²) in [6.07, 6.45) is 5.35. The van der Waals surface area contributed by atoms with Gasteiger partial charge < -0.3 is 9.47 Å². The molecule has 2 heterocycles. The fourth-order valence-corrected chi connectivity index (χ4v) is 3.34. The van der Waals surface area contributed by atoms with Gasteiger partial charge in [-0.1, -0.05) is 35.9 Å². The molecule has 0 saturated carbocycles. The van der Waals surface area contributed by atoms with Crippen molar-refractivity contribution in [3.63, 3.8) is 0 Å². The number of ether oxygens (including phenoxy) is 2. The first-order valence-electron chi connectivity index (χ1n) is 9.27. The van der Waals surface area contributed by atoms with Crippen LogP contribution in [0, 0.1) is 0 Å². The number of aromatic nitrogens is 1. The Morgan fingerprint density at radius 3 is 2.27 bits per heavy atom. The number of pyridine rings is 1. The smallest absolute Gasteiger partial charge is 0.263 e. The maximum absolute atomic E-state index is 13.3. The summed E-state index contributed by atoms with van der Waals surface area (Å²) in [5.41, 5.74) is 3.76. The van der Waals surface area contributed by atoms with E-state index in [2.05, 4.69) is 4.98 Å². The summed E-state index contributed by atoms with van der Waals surface area (Å²) in [5.74, 6) is 1.11. The van der Waals surface area contributed by atoms with E-state index in [1.165, 1.54) is 0 Å². The number of amides is 1. The lowest BCUT2D eigenvalue weighted by atomic mass is 10.1. The summed E-state index contributed by atoms with van der Waals surface area (Å²) in [7, 11) is 3.17. The number of halogens is 1. The molecule has 30 heavy (non-hydrogen) atoms. The molecule has 4 rings (SSSR count). The van der Waals surface area contributed by atoms with Crippen LogP contribution in [-0.4, -0.2) is 25.1 Å². The molecule has 1 aliphatic rings. The Bertz CT molecular complexity index is 1120. The monoisotopic (exact) mass is 418 g/mol. The lowest BCUT2D eigenvalue weighted by molar-refractivity contribution is -0.113. The van der Waals surface area contributed by atoms with Crippen molar-refractivity contribution in [1.82, 2.24) is 4.98 Å². The van der Waals surface area contributed by atoms with Crippen LogP contribution in [0.2, 0.25) is 5.02 Å². The van der Waals surface area contributed by atoms with Gasteiger partial charge >= 0.3 is 0 Å². The van der Waals surface area contributed by atoms with Crippen molar-refractivity contribution in [3.8, 4) is 11.6 Å². The highest BCUT2D eigenvalue weighted by atomic mass is 35.5. The number of benzene rings is 2. The molecule has 6 heteroatoms. The van der Waals surface area contributed by atoms with Crippen molar-refractivity contribution in [2.24, 2.45) is 0 Å². The molecule has 0 fully saturated rings. The number of carbonyl (C=O) groups is 1. The van der Waals surface area contributed by atoms with E-state index in [0.717, 1.165) is 22.6 Å². The number of nitrogens with zero attached hydrogens (tertiary/aromatic N) is 2. The molecule has 1 aliphatic heterocycles. The molecule has 0 spiro atoms. The third-order valence-corrected chi connectivity index (χ3v) is 5.00. The minimum absolute atomic E-state index is 0.136. The molecule has 3 aromatic rings. The number of hydrogen-bond acceptors (Lipinski definition) is 4. The predicted octanol–water partition coefficient (Wildman–Crippen LogP) is 5.22. The minimum atomic E-state index is -0.136. The quantitative estimate of drug-likeness (QED) is 0.533. The van der Waals surface area contributed by atoms with Gasteiger partial charge in [-0.3, -0.25) is 9.69 Å². The van der Waals surface area contributed by atoms with Crippen LogP contribution in [0.4, 0.5) is 5.69 Å². The van der Waals surface area contributed by atoms with Crippen LogP contribution in [0.1, 0.15) is 11.1 Å². The van der Waals surface area contributed by atoms with E-state index in [-0.39, 0.29) is 5.91 Å². The summed E-state index contributed by atoms with van der Waals surface area (Å²) in [6, 6.07) is 18.5. The molecule has 5 nitrogen and oxygen atoms in total. The molecule has 0 atom stereocenters. The molecular formula is C24H19ClN2O3. The number of hydrogen-bond donors (Lipinski definition) is 0. The zero-order valence-corrected chi connectivity index (χ0v) is 17.3. The summed E-state index contributed by atoms with van der Waals surface area (Å²) < 4.78 is 10.3. The maximum Gasteiger partial charge on any atom is 0.263 e. The van der Waals surface area contributed by atoms with Gasteiger partial charge in [0.15, 0.2) is 0 Å². The topological polar surface area (TPSA) is 51.7 Å². The largest absolute Gasteiger partial charge is 0.497 e. The van der Waals surface area contributed by atoms with E-state index in [0.29, 0.717) is 22.2 Å². The lowest BCUT2D eigenvalue weighted by Gasteiger charge is -2.20. The lowest BCUT2D eigenvalue weighted by Crippen LogP contribution is -2.25. The van der Waals surface area contributed by atoms with Crippen LogP contribution in [-0.2, 0) is 4.79 Å².